The number of nitriles is 1. The molecule has 52 heavy (non-hydrogen) atoms. The van der Waals surface area contributed by atoms with Crippen LogP contribution in [0.3, 0.4) is 0 Å². The van der Waals surface area contributed by atoms with E-state index in [2.05, 4.69) is 118 Å². The fourth-order valence-electron chi connectivity index (χ4n) is 6.71. The fraction of sp³-hybridized carbons (Fsp3) is 0.385. The highest BCUT2D eigenvalue weighted by molar-refractivity contribution is 6.36. The van der Waals surface area contributed by atoms with Gasteiger partial charge in [-0.25, -0.2) is 4.39 Å². The molecule has 0 amide bonds. The summed E-state index contributed by atoms with van der Waals surface area (Å²) in [6, 6.07) is 19.0. The van der Waals surface area contributed by atoms with Crippen LogP contribution >= 0.6 is 23.2 Å². The molecular formula is C39H47Cl2FN10. The molecule has 0 saturated carbocycles. The van der Waals surface area contributed by atoms with Gasteiger partial charge in [0.15, 0.2) is 0 Å². The molecule has 10 nitrogen and oxygen atoms in total. The first kappa shape index (κ1) is 37.6. The maximum atomic E-state index is 14.0. The molecule has 274 valence electrons. The Balaban J connectivity index is 1.34. The normalized spacial score (nSPS) is 16.2. The molecule has 3 aromatic carbocycles. The van der Waals surface area contributed by atoms with Crippen LogP contribution in [0, 0.1) is 17.1 Å². The number of likely N-dealkylation sites (N-methyl/N-ethyl adjacent to an activating group) is 1. The molecule has 13 heteroatoms. The van der Waals surface area contributed by atoms with E-state index in [1.807, 2.05) is 12.1 Å². The molecular weight excluding hydrogens is 698 g/mol. The molecule has 0 radical (unpaired) electrons. The number of benzene rings is 3. The zero-order chi connectivity index (χ0) is 37.0. The van der Waals surface area contributed by atoms with E-state index in [0.29, 0.717) is 38.9 Å². The number of hydrazine groups is 2. The van der Waals surface area contributed by atoms with Crippen molar-refractivity contribution in [1.82, 2.24) is 36.1 Å². The molecule has 1 aromatic heterocycles. The first-order valence-electron chi connectivity index (χ1n) is 17.6. The van der Waals surface area contributed by atoms with Crippen molar-refractivity contribution in [2.75, 3.05) is 50.9 Å². The second kappa shape index (κ2) is 16.3. The number of hydrogen-bond acceptors (Lipinski definition) is 10. The zero-order valence-electron chi connectivity index (χ0n) is 30.3. The second-order valence-electron chi connectivity index (χ2n) is 14.7. The van der Waals surface area contributed by atoms with E-state index in [-0.39, 0.29) is 16.6 Å². The molecule has 2 aliphatic heterocycles. The van der Waals surface area contributed by atoms with Gasteiger partial charge in [-0.2, -0.15) is 5.26 Å². The van der Waals surface area contributed by atoms with Gasteiger partial charge in [0.1, 0.15) is 11.9 Å². The Labute approximate surface area is 315 Å². The molecule has 1 fully saturated rings. The first-order valence-corrected chi connectivity index (χ1v) is 18.4. The van der Waals surface area contributed by atoms with Gasteiger partial charge < -0.3 is 26.3 Å². The number of piperidine rings is 1. The van der Waals surface area contributed by atoms with Crippen molar-refractivity contribution in [1.29, 1.82) is 5.26 Å². The van der Waals surface area contributed by atoms with E-state index < -0.39 is 5.82 Å². The summed E-state index contributed by atoms with van der Waals surface area (Å²) in [6.45, 7) is 11.5. The van der Waals surface area contributed by atoms with Crippen molar-refractivity contribution in [3.05, 3.63) is 105 Å². The Kier molecular flexibility index (Phi) is 11.8. The highest BCUT2D eigenvalue weighted by atomic mass is 35.5. The van der Waals surface area contributed by atoms with Gasteiger partial charge in [-0.15, -0.1) is 5.53 Å². The molecule has 0 aliphatic carbocycles. The van der Waals surface area contributed by atoms with Gasteiger partial charge in [-0.3, -0.25) is 14.9 Å². The van der Waals surface area contributed by atoms with Crippen molar-refractivity contribution in [2.45, 2.75) is 57.8 Å². The number of rotatable bonds is 12. The standard InChI is InChI=1S/C39H47Cl2FN10/c1-39(2,3)51-14-11-30(12-15-51)52-24-35(48-49-52)37(26-8-6-7-25(17-26)22-44-13-16-50(4)5)47-29-18-31-36(46-28-9-10-34(42)32(40)19-28)27(21-43)23-45-38(31)33(41)20-29/h6-10,17-20,23-24,30,37,44,47-49H,11-16,22H2,1-5H3,(H,45,46)/t37-/m0/s1. The van der Waals surface area contributed by atoms with Crippen LogP contribution in [0.1, 0.15) is 56.3 Å². The number of aromatic nitrogens is 1. The summed E-state index contributed by atoms with van der Waals surface area (Å²) in [6.07, 6.45) is 5.74. The third-order valence-corrected chi connectivity index (χ3v) is 10.2. The Morgan fingerprint density at radius 1 is 1.06 bits per heavy atom. The molecule has 2 aliphatic rings. The van der Waals surface area contributed by atoms with Crippen LogP contribution < -0.4 is 26.9 Å². The average molecular weight is 746 g/mol. The van der Waals surface area contributed by atoms with Crippen molar-refractivity contribution in [3.63, 3.8) is 0 Å². The number of pyridine rings is 1. The highest BCUT2D eigenvalue weighted by Crippen LogP contribution is 2.38. The summed E-state index contributed by atoms with van der Waals surface area (Å²) in [4.78, 5) is 9.22. The Morgan fingerprint density at radius 3 is 2.54 bits per heavy atom. The maximum Gasteiger partial charge on any atom is 0.141 e. The lowest BCUT2D eigenvalue weighted by Crippen LogP contribution is -2.52. The molecule has 5 N–H and O–H groups in total. The lowest BCUT2D eigenvalue weighted by Gasteiger charge is -2.42. The SMILES string of the molecule is CN(C)CCNCc1cccc([C@H](Nc2cc(Cl)c3ncc(C#N)c(Nc4ccc(F)c(Cl)c4)c3c2)C2=CN(C3CCN(C(C)(C)C)CC3)NN2)c1. The van der Waals surface area contributed by atoms with Gasteiger partial charge in [0.25, 0.3) is 0 Å². The Morgan fingerprint density at radius 2 is 1.83 bits per heavy atom. The molecule has 1 atom stereocenters. The quantitative estimate of drug-likeness (QED) is 0.0936. The molecule has 0 bridgehead atoms. The van der Waals surface area contributed by atoms with Crippen LogP contribution in [0.4, 0.5) is 21.5 Å². The van der Waals surface area contributed by atoms with Crippen LogP contribution in [0.2, 0.25) is 10.0 Å². The van der Waals surface area contributed by atoms with E-state index in [0.717, 1.165) is 62.5 Å². The lowest BCUT2D eigenvalue weighted by atomic mass is 9.97. The van der Waals surface area contributed by atoms with E-state index >= 15 is 0 Å². The van der Waals surface area contributed by atoms with Crippen molar-refractivity contribution >= 4 is 51.2 Å². The molecule has 0 spiro atoms. The minimum atomic E-state index is -0.528. The number of anilines is 3. The summed E-state index contributed by atoms with van der Waals surface area (Å²) in [5.41, 5.74) is 12.8. The summed E-state index contributed by atoms with van der Waals surface area (Å²) < 4.78 is 14.0. The summed E-state index contributed by atoms with van der Waals surface area (Å²) in [5, 5.41) is 23.8. The van der Waals surface area contributed by atoms with Crippen LogP contribution in [0.25, 0.3) is 10.9 Å². The number of halogens is 3. The number of nitrogens with one attached hydrogen (secondary N) is 5. The molecule has 1 saturated heterocycles. The third kappa shape index (κ3) is 8.89. The molecule has 6 rings (SSSR count). The number of likely N-dealkylation sites (tertiary alicyclic amines) is 1. The van der Waals surface area contributed by atoms with Crippen molar-refractivity contribution < 1.29 is 4.39 Å². The average Bonchev–Trinajstić information content (AvgIpc) is 3.61. The van der Waals surface area contributed by atoms with Gasteiger partial charge >= 0.3 is 0 Å². The van der Waals surface area contributed by atoms with Gasteiger partial charge in [0.05, 0.1) is 38.6 Å². The van der Waals surface area contributed by atoms with Gasteiger partial charge in [0, 0.05) is 73.5 Å². The van der Waals surface area contributed by atoms with Gasteiger partial charge in [0.2, 0.25) is 0 Å². The largest absolute Gasteiger partial charge is 0.373 e. The zero-order valence-corrected chi connectivity index (χ0v) is 31.8. The smallest absolute Gasteiger partial charge is 0.141 e. The maximum absolute atomic E-state index is 14.0. The predicted octanol–water partition coefficient (Wildman–Crippen LogP) is 7.53. The number of hydrogen-bond donors (Lipinski definition) is 5. The second-order valence-corrected chi connectivity index (χ2v) is 15.5. The van der Waals surface area contributed by atoms with Crippen molar-refractivity contribution in [2.24, 2.45) is 0 Å². The van der Waals surface area contributed by atoms with Crippen LogP contribution in [-0.4, -0.2) is 71.6 Å². The van der Waals surface area contributed by atoms with Crippen molar-refractivity contribution in [3.8, 4) is 6.07 Å². The number of nitrogens with zero attached hydrogens (tertiary/aromatic N) is 5. The van der Waals surface area contributed by atoms with Crippen LogP contribution in [0.15, 0.2) is 72.7 Å². The summed E-state index contributed by atoms with van der Waals surface area (Å²) in [5.74, 6) is -0.528. The Hall–Kier alpha value is -4.15. The highest BCUT2D eigenvalue weighted by Gasteiger charge is 2.32. The summed E-state index contributed by atoms with van der Waals surface area (Å²) >= 11 is 13.0. The van der Waals surface area contributed by atoms with Gasteiger partial charge in [-0.05, 0) is 89.2 Å². The molecule has 3 heterocycles. The third-order valence-electron chi connectivity index (χ3n) is 9.62. The first-order chi connectivity index (χ1) is 24.9. The number of fused-ring (bicyclic) bond motifs is 1. The van der Waals surface area contributed by atoms with E-state index in [1.165, 1.54) is 23.9 Å². The molecule has 4 aromatic rings. The van der Waals surface area contributed by atoms with Crippen LogP contribution in [-0.2, 0) is 6.54 Å². The predicted molar refractivity (Wildman–Crippen MR) is 210 cm³/mol. The summed E-state index contributed by atoms with van der Waals surface area (Å²) in [7, 11) is 4.14. The molecule has 0 unspecified atom stereocenters. The minimum Gasteiger partial charge on any atom is -0.373 e. The Bertz CT molecular complexity index is 1960. The van der Waals surface area contributed by atoms with E-state index in [1.54, 1.807) is 6.07 Å². The van der Waals surface area contributed by atoms with E-state index in [9.17, 15) is 9.65 Å². The fourth-order valence-corrected chi connectivity index (χ4v) is 7.16. The van der Waals surface area contributed by atoms with Gasteiger partial charge in [-0.1, -0.05) is 47.5 Å². The topological polar surface area (TPSA) is 107 Å². The minimum absolute atomic E-state index is 0.0278. The van der Waals surface area contributed by atoms with E-state index in [4.69, 9.17) is 23.2 Å². The monoisotopic (exact) mass is 744 g/mol. The van der Waals surface area contributed by atoms with Crippen LogP contribution in [0.5, 0.6) is 0 Å². The lowest BCUT2D eigenvalue weighted by molar-refractivity contribution is 0.0570.